The van der Waals surface area contributed by atoms with Gasteiger partial charge in [0.05, 0.1) is 19.5 Å². The molecule has 0 bridgehead atoms. The second-order valence-corrected chi connectivity index (χ2v) is 5.88. The third-order valence-corrected chi connectivity index (χ3v) is 2.87. The van der Waals surface area contributed by atoms with E-state index in [1.807, 2.05) is 6.92 Å². The van der Waals surface area contributed by atoms with Gasteiger partial charge in [0.15, 0.2) is 11.5 Å². The van der Waals surface area contributed by atoms with Crippen molar-refractivity contribution in [3.8, 4) is 11.5 Å². The molecule has 0 atom stereocenters. The highest BCUT2D eigenvalue weighted by atomic mass is 35.7. The molecule has 0 N–H and O–H groups in total. The molecule has 0 aliphatic carbocycles. The highest BCUT2D eigenvalue weighted by Crippen LogP contribution is 2.28. The van der Waals surface area contributed by atoms with Gasteiger partial charge in [-0.25, -0.2) is 8.42 Å². The van der Waals surface area contributed by atoms with Crippen molar-refractivity contribution in [3.63, 3.8) is 0 Å². The largest absolute Gasteiger partial charge is 0.493 e. The molecule has 16 heavy (non-hydrogen) atoms. The fraction of sp³-hybridized carbons (Fsp3) is 0.400. The lowest BCUT2D eigenvalue weighted by atomic mass is 10.2. The Hall–Kier alpha value is -0.940. The summed E-state index contributed by atoms with van der Waals surface area (Å²) >= 11 is 0. The highest BCUT2D eigenvalue weighted by molar-refractivity contribution is 8.13. The summed E-state index contributed by atoms with van der Waals surface area (Å²) in [6.45, 7) is 2.32. The summed E-state index contributed by atoms with van der Waals surface area (Å²) < 4.78 is 32.2. The van der Waals surface area contributed by atoms with Crippen molar-refractivity contribution in [2.45, 2.75) is 12.7 Å². The van der Waals surface area contributed by atoms with Gasteiger partial charge in [0.1, 0.15) is 0 Å². The maximum absolute atomic E-state index is 10.9. The van der Waals surface area contributed by atoms with Crippen LogP contribution in [0.2, 0.25) is 0 Å². The summed E-state index contributed by atoms with van der Waals surface area (Å²) in [5.41, 5.74) is 0.569. The molecule has 0 amide bonds. The first-order valence-electron chi connectivity index (χ1n) is 4.68. The minimum Gasteiger partial charge on any atom is -0.493 e. The molecule has 4 nitrogen and oxygen atoms in total. The van der Waals surface area contributed by atoms with Crippen molar-refractivity contribution in [1.29, 1.82) is 0 Å². The molecule has 0 unspecified atom stereocenters. The van der Waals surface area contributed by atoms with Crippen LogP contribution in [-0.2, 0) is 14.8 Å². The highest BCUT2D eigenvalue weighted by Gasteiger charge is 2.10. The number of hydrogen-bond acceptors (Lipinski definition) is 4. The molecule has 0 aliphatic heterocycles. The van der Waals surface area contributed by atoms with E-state index in [-0.39, 0.29) is 5.75 Å². The van der Waals surface area contributed by atoms with Gasteiger partial charge in [-0.05, 0) is 24.6 Å². The van der Waals surface area contributed by atoms with Crippen LogP contribution in [0.25, 0.3) is 0 Å². The summed E-state index contributed by atoms with van der Waals surface area (Å²) in [6.07, 6.45) is 0. The first-order valence-corrected chi connectivity index (χ1v) is 7.16. The summed E-state index contributed by atoms with van der Waals surface area (Å²) in [6, 6.07) is 4.91. The standard InChI is InChI=1S/C10H13ClO4S/c1-3-15-10-6-8(7-16(11,12)13)4-5-9(10)14-2/h4-6H,3,7H2,1-2H3. The van der Waals surface area contributed by atoms with E-state index in [0.29, 0.717) is 23.7 Å². The lowest BCUT2D eigenvalue weighted by Crippen LogP contribution is -1.99. The van der Waals surface area contributed by atoms with Crippen molar-refractivity contribution < 1.29 is 17.9 Å². The van der Waals surface area contributed by atoms with Crippen molar-refractivity contribution >= 4 is 19.7 Å². The molecule has 6 heteroatoms. The normalized spacial score (nSPS) is 11.2. The van der Waals surface area contributed by atoms with Gasteiger partial charge in [0.2, 0.25) is 9.05 Å². The van der Waals surface area contributed by atoms with E-state index in [0.717, 1.165) is 0 Å². The monoisotopic (exact) mass is 264 g/mol. The zero-order valence-corrected chi connectivity index (χ0v) is 10.6. The van der Waals surface area contributed by atoms with E-state index < -0.39 is 9.05 Å². The van der Waals surface area contributed by atoms with Crippen LogP contribution in [0.4, 0.5) is 0 Å². The molecule has 0 heterocycles. The second kappa shape index (κ2) is 5.41. The van der Waals surface area contributed by atoms with Crippen LogP contribution in [0, 0.1) is 0 Å². The lowest BCUT2D eigenvalue weighted by molar-refractivity contribution is 0.310. The Morgan fingerprint density at radius 1 is 1.31 bits per heavy atom. The molecule has 0 spiro atoms. The Balaban J connectivity index is 3.02. The number of hydrogen-bond donors (Lipinski definition) is 0. The van der Waals surface area contributed by atoms with Gasteiger partial charge in [-0.3, -0.25) is 0 Å². The minimum atomic E-state index is -3.55. The number of benzene rings is 1. The summed E-state index contributed by atoms with van der Waals surface area (Å²) in [5.74, 6) is 0.860. The fourth-order valence-corrected chi connectivity index (χ4v) is 2.23. The van der Waals surface area contributed by atoms with Crippen LogP contribution in [0.1, 0.15) is 12.5 Å². The zero-order chi connectivity index (χ0) is 12.2. The Morgan fingerprint density at radius 3 is 2.50 bits per heavy atom. The van der Waals surface area contributed by atoms with Gasteiger partial charge in [0.25, 0.3) is 0 Å². The van der Waals surface area contributed by atoms with Gasteiger partial charge >= 0.3 is 0 Å². The van der Waals surface area contributed by atoms with E-state index in [1.165, 1.54) is 7.11 Å². The maximum atomic E-state index is 10.9. The van der Waals surface area contributed by atoms with E-state index in [9.17, 15) is 8.42 Å². The van der Waals surface area contributed by atoms with Gasteiger partial charge in [-0.1, -0.05) is 6.07 Å². The molecule has 0 aliphatic rings. The molecule has 1 rings (SSSR count). The van der Waals surface area contributed by atoms with Crippen molar-refractivity contribution in [2.24, 2.45) is 0 Å². The van der Waals surface area contributed by atoms with Crippen LogP contribution in [0.3, 0.4) is 0 Å². The summed E-state index contributed by atoms with van der Waals surface area (Å²) in [7, 11) is 3.14. The molecule has 90 valence electrons. The summed E-state index contributed by atoms with van der Waals surface area (Å²) in [4.78, 5) is 0. The van der Waals surface area contributed by atoms with Gasteiger partial charge < -0.3 is 9.47 Å². The number of halogens is 1. The molecule has 0 saturated heterocycles. The molecule has 1 aromatic carbocycles. The quantitative estimate of drug-likeness (QED) is 0.765. The average molecular weight is 265 g/mol. The predicted molar refractivity (Wildman–Crippen MR) is 62.6 cm³/mol. The van der Waals surface area contributed by atoms with Crippen LogP contribution >= 0.6 is 10.7 Å². The third kappa shape index (κ3) is 3.90. The molecule has 1 aromatic rings. The first-order chi connectivity index (χ1) is 7.46. The van der Waals surface area contributed by atoms with E-state index in [2.05, 4.69) is 0 Å². The zero-order valence-electron chi connectivity index (χ0n) is 9.07. The number of rotatable bonds is 5. The molecular formula is C10H13ClO4S. The topological polar surface area (TPSA) is 52.6 Å². The third-order valence-electron chi connectivity index (χ3n) is 1.87. The molecular weight excluding hydrogens is 252 g/mol. The number of ether oxygens (including phenoxy) is 2. The average Bonchev–Trinajstić information content (AvgIpc) is 2.16. The molecule has 0 aromatic heterocycles. The first kappa shape index (κ1) is 13.1. The van der Waals surface area contributed by atoms with Gasteiger partial charge in [0, 0.05) is 10.7 Å². The number of methoxy groups -OCH3 is 1. The maximum Gasteiger partial charge on any atom is 0.236 e. The van der Waals surface area contributed by atoms with Gasteiger partial charge in [-0.15, -0.1) is 0 Å². The van der Waals surface area contributed by atoms with Crippen LogP contribution in [0.5, 0.6) is 11.5 Å². The van der Waals surface area contributed by atoms with E-state index >= 15 is 0 Å². The van der Waals surface area contributed by atoms with Crippen LogP contribution in [0.15, 0.2) is 18.2 Å². The smallest absolute Gasteiger partial charge is 0.236 e. The van der Waals surface area contributed by atoms with Crippen LogP contribution in [-0.4, -0.2) is 22.1 Å². The molecule has 0 fully saturated rings. The SMILES string of the molecule is CCOc1cc(CS(=O)(=O)Cl)ccc1OC. The predicted octanol–water partition coefficient (Wildman–Crippen LogP) is 2.16. The second-order valence-electron chi connectivity index (χ2n) is 3.10. The van der Waals surface area contributed by atoms with Crippen molar-refractivity contribution in [3.05, 3.63) is 23.8 Å². The minimum absolute atomic E-state index is 0.224. The van der Waals surface area contributed by atoms with Crippen molar-refractivity contribution in [1.82, 2.24) is 0 Å². The fourth-order valence-electron chi connectivity index (χ4n) is 1.28. The Morgan fingerprint density at radius 2 is 2.00 bits per heavy atom. The lowest BCUT2D eigenvalue weighted by Gasteiger charge is -2.10. The van der Waals surface area contributed by atoms with Crippen LogP contribution < -0.4 is 9.47 Å². The Labute approximate surface area is 99.6 Å². The Kier molecular flexibility index (Phi) is 4.44. The summed E-state index contributed by atoms with van der Waals surface area (Å²) in [5, 5.41) is 0. The molecule has 0 saturated carbocycles. The van der Waals surface area contributed by atoms with E-state index in [1.54, 1.807) is 18.2 Å². The van der Waals surface area contributed by atoms with Gasteiger partial charge in [-0.2, -0.15) is 0 Å². The van der Waals surface area contributed by atoms with E-state index in [4.69, 9.17) is 20.2 Å². The van der Waals surface area contributed by atoms with Crippen molar-refractivity contribution in [2.75, 3.05) is 13.7 Å². The molecule has 0 radical (unpaired) electrons. The Bertz CT molecular complexity index is 456.